The van der Waals surface area contributed by atoms with Gasteiger partial charge in [0.2, 0.25) is 0 Å². The number of nitrogens with zero attached hydrogens (tertiary/aromatic N) is 5. The van der Waals surface area contributed by atoms with Gasteiger partial charge in [0.15, 0.2) is 11.6 Å². The van der Waals surface area contributed by atoms with Crippen LogP contribution in [0.3, 0.4) is 0 Å². The molecule has 0 saturated carbocycles. The molecule has 1 aromatic carbocycles. The minimum absolute atomic E-state index is 0.191. The summed E-state index contributed by atoms with van der Waals surface area (Å²) in [6.07, 6.45) is 1.72. The fourth-order valence-electron chi connectivity index (χ4n) is 3.85. The number of aryl methyl sites for hydroxylation is 1. The third-order valence-corrected chi connectivity index (χ3v) is 5.49. The Morgan fingerprint density at radius 1 is 1.03 bits per heavy atom. The van der Waals surface area contributed by atoms with Crippen molar-refractivity contribution in [3.8, 4) is 28.6 Å². The second kappa shape index (κ2) is 8.23. The zero-order valence-corrected chi connectivity index (χ0v) is 17.3. The number of hydrogen-bond donors (Lipinski definition) is 2. The topological polar surface area (TPSA) is 94.3 Å². The molecule has 0 aliphatic carbocycles. The van der Waals surface area contributed by atoms with Crippen LogP contribution in [0.1, 0.15) is 11.5 Å². The molecular weight excluding hydrogens is 392 g/mol. The number of aromatic hydroxyl groups is 1. The van der Waals surface area contributed by atoms with Gasteiger partial charge in [-0.2, -0.15) is 5.10 Å². The van der Waals surface area contributed by atoms with Gasteiger partial charge in [0.25, 0.3) is 0 Å². The highest BCUT2D eigenvalue weighted by Gasteiger charge is 2.21. The number of benzene rings is 1. The van der Waals surface area contributed by atoms with Crippen molar-refractivity contribution in [3.05, 3.63) is 66.2 Å². The lowest BCUT2D eigenvalue weighted by molar-refractivity contribution is 0.231. The molecule has 0 bridgehead atoms. The summed E-state index contributed by atoms with van der Waals surface area (Å²) in [5.41, 5.74) is 2.42. The molecule has 1 fully saturated rings. The van der Waals surface area contributed by atoms with Gasteiger partial charge in [-0.25, -0.2) is 9.97 Å². The fourth-order valence-corrected chi connectivity index (χ4v) is 3.85. The first kappa shape index (κ1) is 19.3. The van der Waals surface area contributed by atoms with Gasteiger partial charge in [0.1, 0.15) is 23.0 Å². The number of nitrogens with one attached hydrogen (secondary N) is 1. The summed E-state index contributed by atoms with van der Waals surface area (Å²) in [6, 6.07) is 15.1. The van der Waals surface area contributed by atoms with Crippen molar-refractivity contribution in [2.75, 3.05) is 31.1 Å². The third kappa shape index (κ3) is 4.15. The number of furan rings is 1. The van der Waals surface area contributed by atoms with Gasteiger partial charge in [-0.15, -0.1) is 0 Å². The number of hydrogen-bond acceptors (Lipinski definition) is 7. The first-order valence-electron chi connectivity index (χ1n) is 10.4. The lowest BCUT2D eigenvalue weighted by Gasteiger charge is -2.35. The Bertz CT molecular complexity index is 1160. The van der Waals surface area contributed by atoms with E-state index in [1.165, 1.54) is 0 Å². The molecule has 8 heteroatoms. The maximum atomic E-state index is 10.2. The van der Waals surface area contributed by atoms with Crippen LogP contribution < -0.4 is 4.90 Å². The summed E-state index contributed by atoms with van der Waals surface area (Å²) in [7, 11) is 0. The average molecular weight is 416 g/mol. The molecule has 3 aromatic heterocycles. The summed E-state index contributed by atoms with van der Waals surface area (Å²) < 4.78 is 5.96. The summed E-state index contributed by atoms with van der Waals surface area (Å²) in [5, 5.41) is 17.1. The Labute approximate surface area is 180 Å². The van der Waals surface area contributed by atoms with Gasteiger partial charge < -0.3 is 14.4 Å². The van der Waals surface area contributed by atoms with E-state index in [4.69, 9.17) is 9.40 Å². The van der Waals surface area contributed by atoms with E-state index in [0.717, 1.165) is 61.4 Å². The molecule has 1 aliphatic heterocycles. The highest BCUT2D eigenvalue weighted by Crippen LogP contribution is 2.28. The first-order chi connectivity index (χ1) is 15.2. The predicted molar refractivity (Wildman–Crippen MR) is 118 cm³/mol. The van der Waals surface area contributed by atoms with Crippen LogP contribution in [0.15, 0.2) is 59.1 Å². The Morgan fingerprint density at radius 3 is 2.65 bits per heavy atom. The van der Waals surface area contributed by atoms with E-state index in [-0.39, 0.29) is 5.75 Å². The quantitative estimate of drug-likeness (QED) is 0.514. The largest absolute Gasteiger partial charge is 0.507 e. The van der Waals surface area contributed by atoms with E-state index in [0.29, 0.717) is 11.4 Å². The van der Waals surface area contributed by atoms with Crippen molar-refractivity contribution in [2.24, 2.45) is 0 Å². The van der Waals surface area contributed by atoms with Crippen LogP contribution in [0.5, 0.6) is 5.75 Å². The molecule has 5 rings (SSSR count). The van der Waals surface area contributed by atoms with Crippen LogP contribution >= 0.6 is 0 Å². The number of rotatable bonds is 5. The SMILES string of the molecule is Cc1cc(N2CCN(Cc3ccc(-c4ccn[nH]4)o3)CC2)nc(-c2ccccc2O)n1. The highest BCUT2D eigenvalue weighted by molar-refractivity contribution is 5.65. The zero-order valence-electron chi connectivity index (χ0n) is 17.3. The zero-order chi connectivity index (χ0) is 21.2. The van der Waals surface area contributed by atoms with Crippen molar-refractivity contribution in [1.82, 2.24) is 25.1 Å². The Balaban J connectivity index is 1.25. The Morgan fingerprint density at radius 2 is 1.87 bits per heavy atom. The predicted octanol–water partition coefficient (Wildman–Crippen LogP) is 3.46. The number of aromatic amines is 1. The standard InChI is InChI=1S/C23H24N6O2/c1-16-14-22(26-23(25-16)18-4-2-3-5-20(18)30)29-12-10-28(11-13-29)15-17-6-7-21(31-17)19-8-9-24-27-19/h2-9,14,30H,10-13,15H2,1H3,(H,24,27). The first-order valence-corrected chi connectivity index (χ1v) is 10.4. The van der Waals surface area contributed by atoms with Gasteiger partial charge in [0.05, 0.1) is 12.1 Å². The van der Waals surface area contributed by atoms with Gasteiger partial charge in [-0.05, 0) is 37.3 Å². The summed E-state index contributed by atoms with van der Waals surface area (Å²) in [6.45, 7) is 6.28. The molecule has 4 aromatic rings. The molecular formula is C23H24N6O2. The van der Waals surface area contributed by atoms with Crippen molar-refractivity contribution in [2.45, 2.75) is 13.5 Å². The van der Waals surface area contributed by atoms with E-state index in [2.05, 4.69) is 25.0 Å². The van der Waals surface area contributed by atoms with Crippen molar-refractivity contribution >= 4 is 5.82 Å². The molecule has 8 nitrogen and oxygen atoms in total. The van der Waals surface area contributed by atoms with E-state index in [1.54, 1.807) is 18.3 Å². The number of para-hydroxylation sites is 1. The fraction of sp³-hybridized carbons (Fsp3) is 0.261. The van der Waals surface area contributed by atoms with Crippen LogP contribution in [0.25, 0.3) is 22.8 Å². The van der Waals surface area contributed by atoms with Crippen molar-refractivity contribution < 1.29 is 9.52 Å². The second-order valence-electron chi connectivity index (χ2n) is 7.71. The van der Waals surface area contributed by atoms with E-state index in [1.807, 2.05) is 43.3 Å². The number of H-pyrrole nitrogens is 1. The smallest absolute Gasteiger partial charge is 0.165 e. The molecule has 31 heavy (non-hydrogen) atoms. The molecule has 0 radical (unpaired) electrons. The number of anilines is 1. The van der Waals surface area contributed by atoms with Crippen LogP contribution in [0.2, 0.25) is 0 Å². The maximum absolute atomic E-state index is 10.2. The maximum Gasteiger partial charge on any atom is 0.165 e. The molecule has 0 unspecified atom stereocenters. The summed E-state index contributed by atoms with van der Waals surface area (Å²) in [4.78, 5) is 13.9. The molecule has 4 heterocycles. The van der Waals surface area contributed by atoms with Gasteiger partial charge in [0, 0.05) is 44.1 Å². The van der Waals surface area contributed by atoms with Crippen molar-refractivity contribution in [3.63, 3.8) is 0 Å². The molecule has 2 N–H and O–H groups in total. The normalized spacial score (nSPS) is 14.8. The van der Waals surface area contributed by atoms with Crippen LogP contribution in [0.4, 0.5) is 5.82 Å². The lowest BCUT2D eigenvalue weighted by Crippen LogP contribution is -2.46. The number of aromatic nitrogens is 4. The minimum Gasteiger partial charge on any atom is -0.507 e. The van der Waals surface area contributed by atoms with Crippen LogP contribution in [-0.2, 0) is 6.54 Å². The molecule has 0 atom stereocenters. The van der Waals surface area contributed by atoms with Gasteiger partial charge >= 0.3 is 0 Å². The molecule has 1 aliphatic rings. The van der Waals surface area contributed by atoms with Crippen LogP contribution in [-0.4, -0.2) is 56.4 Å². The van der Waals surface area contributed by atoms with E-state index in [9.17, 15) is 5.11 Å². The summed E-state index contributed by atoms with van der Waals surface area (Å²) in [5.74, 6) is 3.39. The monoisotopic (exact) mass is 416 g/mol. The third-order valence-electron chi connectivity index (χ3n) is 5.49. The number of piperazine rings is 1. The second-order valence-corrected chi connectivity index (χ2v) is 7.71. The molecule has 0 amide bonds. The Hall–Kier alpha value is -3.65. The van der Waals surface area contributed by atoms with Gasteiger partial charge in [-0.1, -0.05) is 12.1 Å². The minimum atomic E-state index is 0.191. The molecule has 0 spiro atoms. The highest BCUT2D eigenvalue weighted by atomic mass is 16.3. The molecule has 158 valence electrons. The van der Waals surface area contributed by atoms with Crippen molar-refractivity contribution in [1.29, 1.82) is 0 Å². The average Bonchev–Trinajstić information content (AvgIpc) is 3.46. The Kier molecular flexibility index (Phi) is 5.13. The number of phenolic OH excluding ortho intramolecular Hbond substituents is 1. The van der Waals surface area contributed by atoms with E-state index < -0.39 is 0 Å². The number of phenols is 1. The lowest BCUT2D eigenvalue weighted by atomic mass is 10.2. The van der Waals surface area contributed by atoms with Crippen LogP contribution in [0, 0.1) is 6.92 Å². The van der Waals surface area contributed by atoms with Gasteiger partial charge in [-0.3, -0.25) is 10.00 Å². The summed E-state index contributed by atoms with van der Waals surface area (Å²) >= 11 is 0. The molecule has 1 saturated heterocycles. The van der Waals surface area contributed by atoms with E-state index >= 15 is 0 Å².